The molecule has 31 heavy (non-hydrogen) atoms. The van der Waals surface area contributed by atoms with Crippen LogP contribution < -0.4 is 10.4 Å². The molecule has 0 aliphatic heterocycles. The van der Waals surface area contributed by atoms with Crippen molar-refractivity contribution < 1.29 is 19.6 Å². The number of hydroxylamine groups is 1. The summed E-state index contributed by atoms with van der Waals surface area (Å²) in [5.41, 5.74) is 4.87. The summed E-state index contributed by atoms with van der Waals surface area (Å²) in [4.78, 5) is 43.8. The highest BCUT2D eigenvalue weighted by Gasteiger charge is 2.19. The van der Waals surface area contributed by atoms with Gasteiger partial charge in [-0.3, -0.25) is 29.5 Å². The van der Waals surface area contributed by atoms with Crippen LogP contribution in [-0.2, 0) is 4.79 Å². The summed E-state index contributed by atoms with van der Waals surface area (Å²) in [7, 11) is 3.31. The fraction of sp³-hybridized carbons (Fsp3) is 0.130. The number of hydrogen-bond donors (Lipinski definition) is 2. The van der Waals surface area contributed by atoms with Crippen LogP contribution in [0.3, 0.4) is 0 Å². The average Bonchev–Trinajstić information content (AvgIpc) is 2.78. The van der Waals surface area contributed by atoms with E-state index in [-0.39, 0.29) is 17.4 Å². The topological polar surface area (TPSA) is 103 Å². The van der Waals surface area contributed by atoms with Crippen LogP contribution in [0.1, 0.15) is 27.6 Å². The maximum atomic E-state index is 12.7. The van der Waals surface area contributed by atoms with Crippen LogP contribution in [0.25, 0.3) is 11.1 Å². The number of anilines is 2. The Hall–Kier alpha value is -4.04. The van der Waals surface area contributed by atoms with E-state index in [2.05, 4.69) is 4.98 Å². The number of aromatic nitrogens is 1. The van der Waals surface area contributed by atoms with Crippen molar-refractivity contribution in [1.29, 1.82) is 0 Å². The molecule has 3 rings (SSSR count). The lowest BCUT2D eigenvalue weighted by atomic mass is 9.99. The van der Waals surface area contributed by atoms with Gasteiger partial charge in [0, 0.05) is 44.5 Å². The van der Waals surface area contributed by atoms with Gasteiger partial charge in [0.1, 0.15) is 0 Å². The molecule has 0 spiro atoms. The molecular formula is C23H22N4O4. The summed E-state index contributed by atoms with van der Waals surface area (Å²) in [5, 5.41) is 8.80. The standard InChI is InChI=1S/C23H22N4O4/c1-15(28)27(20-8-10-24-11-9-20)21-13-18(12-19(14-21)23(30)26(2)3)16-4-6-17(7-5-16)22(29)25-31/h4-14,31H,1-3H3,(H,25,29). The van der Waals surface area contributed by atoms with Gasteiger partial charge in [0.2, 0.25) is 5.91 Å². The molecule has 0 saturated carbocycles. The molecule has 0 saturated heterocycles. The van der Waals surface area contributed by atoms with E-state index < -0.39 is 5.91 Å². The molecule has 0 fully saturated rings. The van der Waals surface area contributed by atoms with Crippen molar-refractivity contribution in [3.05, 3.63) is 78.1 Å². The lowest BCUT2D eigenvalue weighted by Crippen LogP contribution is -2.25. The van der Waals surface area contributed by atoms with Gasteiger partial charge in [-0.25, -0.2) is 5.48 Å². The Balaban J connectivity index is 2.16. The van der Waals surface area contributed by atoms with Crippen LogP contribution in [0.5, 0.6) is 0 Å². The number of carbonyl (C=O) groups is 3. The van der Waals surface area contributed by atoms with Crippen LogP contribution in [0, 0.1) is 0 Å². The van der Waals surface area contributed by atoms with Gasteiger partial charge in [-0.1, -0.05) is 12.1 Å². The molecule has 3 amide bonds. The number of nitrogens with one attached hydrogen (secondary N) is 1. The Morgan fingerprint density at radius 3 is 2.03 bits per heavy atom. The molecule has 0 aliphatic rings. The van der Waals surface area contributed by atoms with Crippen LogP contribution in [0.15, 0.2) is 67.0 Å². The van der Waals surface area contributed by atoms with Crippen LogP contribution in [-0.4, -0.2) is 46.9 Å². The van der Waals surface area contributed by atoms with Gasteiger partial charge in [-0.2, -0.15) is 0 Å². The fourth-order valence-corrected chi connectivity index (χ4v) is 3.17. The second-order valence-electron chi connectivity index (χ2n) is 7.05. The highest BCUT2D eigenvalue weighted by atomic mass is 16.5. The zero-order chi connectivity index (χ0) is 22.5. The molecule has 2 N–H and O–H groups in total. The van der Waals surface area contributed by atoms with Crippen molar-refractivity contribution >= 4 is 29.1 Å². The van der Waals surface area contributed by atoms with E-state index in [1.807, 2.05) is 0 Å². The smallest absolute Gasteiger partial charge is 0.274 e. The molecule has 1 heterocycles. The van der Waals surface area contributed by atoms with Crippen LogP contribution in [0.2, 0.25) is 0 Å². The van der Waals surface area contributed by atoms with Crippen molar-refractivity contribution in [1.82, 2.24) is 15.4 Å². The molecule has 0 atom stereocenters. The molecular weight excluding hydrogens is 396 g/mol. The Kier molecular flexibility index (Phi) is 6.42. The lowest BCUT2D eigenvalue weighted by molar-refractivity contribution is -0.115. The van der Waals surface area contributed by atoms with Gasteiger partial charge in [0.15, 0.2) is 0 Å². The van der Waals surface area contributed by atoms with Gasteiger partial charge in [-0.05, 0) is 53.6 Å². The van der Waals surface area contributed by atoms with Gasteiger partial charge in [-0.15, -0.1) is 0 Å². The molecule has 8 heteroatoms. The lowest BCUT2D eigenvalue weighted by Gasteiger charge is -2.23. The highest BCUT2D eigenvalue weighted by Crippen LogP contribution is 2.32. The van der Waals surface area contributed by atoms with E-state index in [1.165, 1.54) is 16.7 Å². The summed E-state index contributed by atoms with van der Waals surface area (Å²) >= 11 is 0. The van der Waals surface area contributed by atoms with E-state index >= 15 is 0 Å². The molecule has 1 aromatic heterocycles. The maximum absolute atomic E-state index is 12.7. The minimum Gasteiger partial charge on any atom is -0.345 e. The van der Waals surface area contributed by atoms with Crippen LogP contribution >= 0.6 is 0 Å². The third kappa shape index (κ3) is 4.76. The largest absolute Gasteiger partial charge is 0.345 e. The predicted octanol–water partition coefficient (Wildman–Crippen LogP) is 3.25. The fourth-order valence-electron chi connectivity index (χ4n) is 3.17. The number of amides is 3. The molecule has 3 aromatic rings. The Morgan fingerprint density at radius 1 is 0.839 bits per heavy atom. The first-order chi connectivity index (χ1) is 14.8. The maximum Gasteiger partial charge on any atom is 0.274 e. The van der Waals surface area contributed by atoms with Crippen molar-refractivity contribution in [2.75, 3.05) is 19.0 Å². The summed E-state index contributed by atoms with van der Waals surface area (Å²) in [6, 6.07) is 15.2. The Morgan fingerprint density at radius 2 is 1.48 bits per heavy atom. The van der Waals surface area contributed by atoms with E-state index in [0.717, 1.165) is 5.56 Å². The van der Waals surface area contributed by atoms with E-state index in [9.17, 15) is 14.4 Å². The molecule has 0 aliphatic carbocycles. The molecule has 0 radical (unpaired) electrons. The van der Waals surface area contributed by atoms with E-state index in [0.29, 0.717) is 22.5 Å². The normalized spacial score (nSPS) is 10.3. The number of carbonyl (C=O) groups excluding carboxylic acids is 3. The minimum atomic E-state index is -0.621. The molecule has 2 aromatic carbocycles. The average molecular weight is 418 g/mol. The summed E-state index contributed by atoms with van der Waals surface area (Å²) in [6.45, 7) is 1.45. The summed E-state index contributed by atoms with van der Waals surface area (Å²) in [5.74, 6) is -1.05. The Bertz CT molecular complexity index is 1110. The highest BCUT2D eigenvalue weighted by molar-refractivity contribution is 6.03. The number of pyridine rings is 1. The van der Waals surface area contributed by atoms with E-state index in [4.69, 9.17) is 5.21 Å². The summed E-state index contributed by atoms with van der Waals surface area (Å²) in [6.07, 6.45) is 3.18. The second-order valence-corrected chi connectivity index (χ2v) is 7.05. The number of hydrogen-bond acceptors (Lipinski definition) is 5. The zero-order valence-corrected chi connectivity index (χ0v) is 17.4. The van der Waals surface area contributed by atoms with Crippen molar-refractivity contribution in [2.45, 2.75) is 6.92 Å². The van der Waals surface area contributed by atoms with Crippen molar-refractivity contribution in [2.24, 2.45) is 0 Å². The first-order valence-corrected chi connectivity index (χ1v) is 9.44. The third-order valence-corrected chi connectivity index (χ3v) is 4.65. The molecule has 0 bridgehead atoms. The Labute approximate surface area is 179 Å². The molecule has 0 unspecified atom stereocenters. The summed E-state index contributed by atoms with van der Waals surface area (Å²) < 4.78 is 0. The predicted molar refractivity (Wildman–Crippen MR) is 116 cm³/mol. The van der Waals surface area contributed by atoms with Gasteiger partial charge < -0.3 is 4.90 Å². The second kappa shape index (κ2) is 9.19. The van der Waals surface area contributed by atoms with Gasteiger partial charge in [0.25, 0.3) is 11.8 Å². The van der Waals surface area contributed by atoms with E-state index in [1.54, 1.807) is 86.6 Å². The first kappa shape index (κ1) is 21.7. The van der Waals surface area contributed by atoms with Crippen molar-refractivity contribution in [3.63, 3.8) is 0 Å². The zero-order valence-electron chi connectivity index (χ0n) is 17.4. The monoisotopic (exact) mass is 418 g/mol. The molecule has 158 valence electrons. The first-order valence-electron chi connectivity index (χ1n) is 9.44. The van der Waals surface area contributed by atoms with Gasteiger partial charge in [0.05, 0.1) is 11.4 Å². The third-order valence-electron chi connectivity index (χ3n) is 4.65. The van der Waals surface area contributed by atoms with Gasteiger partial charge >= 0.3 is 0 Å². The van der Waals surface area contributed by atoms with Crippen LogP contribution in [0.4, 0.5) is 11.4 Å². The SMILES string of the molecule is CC(=O)N(c1ccncc1)c1cc(C(=O)N(C)C)cc(-c2ccc(C(=O)NO)cc2)c1. The molecule has 8 nitrogen and oxygen atoms in total. The number of nitrogens with zero attached hydrogens (tertiary/aromatic N) is 3. The quantitative estimate of drug-likeness (QED) is 0.489. The minimum absolute atomic E-state index is 0.211. The number of benzene rings is 2. The number of rotatable bonds is 5. The van der Waals surface area contributed by atoms with Crippen molar-refractivity contribution in [3.8, 4) is 11.1 Å².